The molecule has 2 aliphatic rings. The van der Waals surface area contributed by atoms with Crippen LogP contribution >= 0.6 is 0 Å². The van der Waals surface area contributed by atoms with E-state index in [0.29, 0.717) is 30.9 Å². The first-order valence-electron chi connectivity index (χ1n) is 6.17. The highest BCUT2D eigenvalue weighted by molar-refractivity contribution is 6.01. The Morgan fingerprint density at radius 2 is 1.84 bits per heavy atom. The lowest BCUT2D eigenvalue weighted by molar-refractivity contribution is -0.171. The van der Waals surface area contributed by atoms with Crippen molar-refractivity contribution >= 4 is 23.8 Å². The summed E-state index contributed by atoms with van der Waals surface area (Å²) < 4.78 is 0. The largest absolute Gasteiger partial charge is 0.432 e. The van der Waals surface area contributed by atoms with Crippen molar-refractivity contribution in [2.45, 2.75) is 38.1 Å². The summed E-state index contributed by atoms with van der Waals surface area (Å²) in [5, 5.41) is 5.73. The number of nitrogens with one attached hydrogen (secondary N) is 2. The lowest BCUT2D eigenvalue weighted by Gasteiger charge is -2.17. The van der Waals surface area contributed by atoms with Crippen molar-refractivity contribution in [2.24, 2.45) is 0 Å². The van der Waals surface area contributed by atoms with E-state index in [0.717, 1.165) is 0 Å². The van der Waals surface area contributed by atoms with Gasteiger partial charge in [-0.3, -0.25) is 14.4 Å². The van der Waals surface area contributed by atoms with E-state index in [4.69, 9.17) is 0 Å². The summed E-state index contributed by atoms with van der Waals surface area (Å²) in [7, 11) is 0. The summed E-state index contributed by atoms with van der Waals surface area (Å²) >= 11 is 0. The van der Waals surface area contributed by atoms with E-state index in [1.807, 2.05) is 0 Å². The molecule has 8 nitrogen and oxygen atoms in total. The monoisotopic (exact) mass is 269 g/mol. The Morgan fingerprint density at radius 3 is 2.53 bits per heavy atom. The zero-order chi connectivity index (χ0) is 13.8. The van der Waals surface area contributed by atoms with Crippen LogP contribution in [0.1, 0.15) is 32.1 Å². The van der Waals surface area contributed by atoms with Crippen LogP contribution in [0.4, 0.5) is 4.79 Å². The van der Waals surface area contributed by atoms with Crippen LogP contribution in [0.15, 0.2) is 0 Å². The number of nitrogens with zero attached hydrogens (tertiary/aromatic N) is 1. The van der Waals surface area contributed by atoms with Crippen molar-refractivity contribution in [1.82, 2.24) is 15.7 Å². The fourth-order valence-electron chi connectivity index (χ4n) is 2.00. The smallest absolute Gasteiger partial charge is 0.356 e. The molecule has 0 radical (unpaired) electrons. The zero-order valence-electron chi connectivity index (χ0n) is 10.3. The SMILES string of the molecule is O=C1CC[C@H](NC(=O)ON2C(=O)CCC2=O)CCN1. The minimum atomic E-state index is -0.844. The Labute approximate surface area is 109 Å². The topological polar surface area (TPSA) is 105 Å². The van der Waals surface area contributed by atoms with Crippen LogP contribution < -0.4 is 10.6 Å². The fraction of sp³-hybridized carbons (Fsp3) is 0.636. The molecule has 0 spiro atoms. The number of hydrogen-bond donors (Lipinski definition) is 2. The Bertz CT molecular complexity index is 407. The second-order valence-electron chi connectivity index (χ2n) is 4.48. The van der Waals surface area contributed by atoms with Crippen LogP contribution in [0.5, 0.6) is 0 Å². The molecule has 8 heteroatoms. The molecule has 0 aliphatic carbocycles. The van der Waals surface area contributed by atoms with Crippen molar-refractivity contribution in [1.29, 1.82) is 0 Å². The van der Waals surface area contributed by atoms with Gasteiger partial charge in [0, 0.05) is 31.8 Å². The van der Waals surface area contributed by atoms with E-state index in [-0.39, 0.29) is 24.8 Å². The van der Waals surface area contributed by atoms with Crippen LogP contribution in [-0.4, -0.2) is 41.5 Å². The normalized spacial score (nSPS) is 23.9. The molecule has 1 atom stereocenters. The van der Waals surface area contributed by atoms with Crippen molar-refractivity contribution in [3.05, 3.63) is 0 Å². The molecule has 2 aliphatic heterocycles. The van der Waals surface area contributed by atoms with Crippen molar-refractivity contribution in [2.75, 3.05) is 6.54 Å². The van der Waals surface area contributed by atoms with Gasteiger partial charge >= 0.3 is 6.09 Å². The van der Waals surface area contributed by atoms with Gasteiger partial charge in [0.05, 0.1) is 0 Å². The van der Waals surface area contributed by atoms with E-state index in [2.05, 4.69) is 15.5 Å². The average molecular weight is 269 g/mol. The third-order valence-electron chi connectivity index (χ3n) is 3.04. The second-order valence-corrected chi connectivity index (χ2v) is 4.48. The van der Waals surface area contributed by atoms with Crippen LogP contribution in [-0.2, 0) is 19.2 Å². The Balaban J connectivity index is 1.82. The average Bonchev–Trinajstić information content (AvgIpc) is 2.57. The highest BCUT2D eigenvalue weighted by Gasteiger charge is 2.33. The molecule has 0 aromatic carbocycles. The van der Waals surface area contributed by atoms with E-state index in [1.165, 1.54) is 0 Å². The minimum absolute atomic E-state index is 0.0532. The maximum absolute atomic E-state index is 11.6. The van der Waals surface area contributed by atoms with Crippen molar-refractivity contribution in [3.63, 3.8) is 0 Å². The van der Waals surface area contributed by atoms with E-state index < -0.39 is 17.9 Å². The van der Waals surface area contributed by atoms with Gasteiger partial charge in [0.25, 0.3) is 11.8 Å². The third-order valence-corrected chi connectivity index (χ3v) is 3.04. The number of hydroxylamine groups is 2. The molecule has 104 valence electrons. The van der Waals surface area contributed by atoms with Gasteiger partial charge in [0.2, 0.25) is 5.91 Å². The Morgan fingerprint density at radius 1 is 1.16 bits per heavy atom. The summed E-state index contributed by atoms with van der Waals surface area (Å²) in [6, 6.07) is -0.209. The molecule has 0 aromatic rings. The first-order chi connectivity index (χ1) is 9.06. The molecule has 2 N–H and O–H groups in total. The summed E-state index contributed by atoms with van der Waals surface area (Å²) in [4.78, 5) is 49.9. The molecule has 0 bridgehead atoms. The highest BCUT2D eigenvalue weighted by Crippen LogP contribution is 2.12. The van der Waals surface area contributed by atoms with Gasteiger partial charge in [0.1, 0.15) is 0 Å². The van der Waals surface area contributed by atoms with E-state index >= 15 is 0 Å². The molecule has 0 aromatic heterocycles. The molecule has 2 heterocycles. The Kier molecular flexibility index (Phi) is 3.98. The molecule has 2 fully saturated rings. The predicted molar refractivity (Wildman–Crippen MR) is 61.4 cm³/mol. The number of imide groups is 1. The standard InChI is InChI=1S/C11H15N3O5/c15-8-2-1-7(5-6-12-8)13-11(18)19-14-9(16)3-4-10(14)17/h7H,1-6H2,(H,12,15)(H,13,18)/t7-/m0/s1. The van der Waals surface area contributed by atoms with Crippen molar-refractivity contribution in [3.8, 4) is 0 Å². The molecule has 2 saturated heterocycles. The van der Waals surface area contributed by atoms with Crippen LogP contribution in [0, 0.1) is 0 Å². The number of hydrogen-bond acceptors (Lipinski definition) is 5. The quantitative estimate of drug-likeness (QED) is 0.654. The minimum Gasteiger partial charge on any atom is -0.356 e. The molecule has 4 amide bonds. The predicted octanol–water partition coefficient (Wildman–Crippen LogP) is -0.555. The van der Waals surface area contributed by atoms with Gasteiger partial charge < -0.3 is 15.5 Å². The maximum atomic E-state index is 11.6. The third kappa shape index (κ3) is 3.43. The molecular weight excluding hydrogens is 254 g/mol. The van der Waals surface area contributed by atoms with Crippen LogP contribution in [0.3, 0.4) is 0 Å². The van der Waals surface area contributed by atoms with Crippen LogP contribution in [0.2, 0.25) is 0 Å². The summed E-state index contributed by atoms with van der Waals surface area (Å²) in [6.07, 6.45) is 0.697. The zero-order valence-corrected chi connectivity index (χ0v) is 10.3. The van der Waals surface area contributed by atoms with Crippen LogP contribution in [0.25, 0.3) is 0 Å². The summed E-state index contributed by atoms with van der Waals surface area (Å²) in [6.45, 7) is 0.478. The first kappa shape index (κ1) is 13.3. The van der Waals surface area contributed by atoms with Gasteiger partial charge in [-0.05, 0) is 12.8 Å². The van der Waals surface area contributed by atoms with Gasteiger partial charge in [-0.1, -0.05) is 0 Å². The highest BCUT2D eigenvalue weighted by atomic mass is 16.7. The van der Waals surface area contributed by atoms with Gasteiger partial charge in [0.15, 0.2) is 0 Å². The lowest BCUT2D eigenvalue weighted by Crippen LogP contribution is -2.41. The number of rotatable bonds is 2. The van der Waals surface area contributed by atoms with Crippen molar-refractivity contribution < 1.29 is 24.0 Å². The number of carbonyl (C=O) groups is 4. The number of carbonyl (C=O) groups excluding carboxylic acids is 4. The van der Waals surface area contributed by atoms with Gasteiger partial charge in [-0.15, -0.1) is 5.06 Å². The Hall–Kier alpha value is -2.12. The molecule has 0 saturated carbocycles. The summed E-state index contributed by atoms with van der Waals surface area (Å²) in [5.74, 6) is -1.08. The molecule has 19 heavy (non-hydrogen) atoms. The fourth-order valence-corrected chi connectivity index (χ4v) is 2.00. The molecule has 0 unspecified atom stereocenters. The second kappa shape index (κ2) is 5.68. The summed E-state index contributed by atoms with van der Waals surface area (Å²) in [5.41, 5.74) is 0. The van der Waals surface area contributed by atoms with Gasteiger partial charge in [-0.25, -0.2) is 4.79 Å². The van der Waals surface area contributed by atoms with E-state index in [1.54, 1.807) is 0 Å². The van der Waals surface area contributed by atoms with E-state index in [9.17, 15) is 19.2 Å². The maximum Gasteiger partial charge on any atom is 0.432 e. The lowest BCUT2D eigenvalue weighted by atomic mass is 10.1. The first-order valence-corrected chi connectivity index (χ1v) is 6.17. The molecular formula is C11H15N3O5. The number of amides is 4. The molecule has 2 rings (SSSR count). The van der Waals surface area contributed by atoms with Gasteiger partial charge in [-0.2, -0.15) is 0 Å².